The van der Waals surface area contributed by atoms with Gasteiger partial charge in [0.05, 0.1) is 28.2 Å². The van der Waals surface area contributed by atoms with Crippen LogP contribution in [0.2, 0.25) is 15.1 Å². The van der Waals surface area contributed by atoms with Crippen LogP contribution in [0.3, 0.4) is 0 Å². The molecule has 2 heterocycles. The summed E-state index contributed by atoms with van der Waals surface area (Å²) in [6, 6.07) is 14.8. The molecule has 0 bridgehead atoms. The van der Waals surface area contributed by atoms with E-state index in [1.807, 2.05) is 44.2 Å². The molecule has 1 N–H and O–H groups in total. The van der Waals surface area contributed by atoms with E-state index in [0.717, 1.165) is 22.3 Å². The van der Waals surface area contributed by atoms with E-state index in [4.69, 9.17) is 56.7 Å². The van der Waals surface area contributed by atoms with Gasteiger partial charge in [0.15, 0.2) is 0 Å². The van der Waals surface area contributed by atoms with E-state index in [0.29, 0.717) is 38.1 Å². The molecule has 3 aromatic rings. The first-order chi connectivity index (χ1) is 16.0. The third kappa shape index (κ3) is 5.55. The number of benzene rings is 2. The van der Waals surface area contributed by atoms with Gasteiger partial charge < -0.3 is 10.1 Å². The van der Waals surface area contributed by atoms with Crippen LogP contribution >= 0.6 is 47.0 Å². The number of hydrogen-bond acceptors (Lipinski definition) is 4. The Balaban J connectivity index is 1.90. The number of fused-ring (bicyclic) bond motifs is 1. The van der Waals surface area contributed by atoms with Gasteiger partial charge in [0, 0.05) is 33.2 Å². The van der Waals surface area contributed by atoms with Crippen LogP contribution < -0.4 is 10.1 Å². The first kappa shape index (κ1) is 24.9. The summed E-state index contributed by atoms with van der Waals surface area (Å²) in [5.74, 6) is 0.509. The number of ketones is 1. The third-order valence-electron chi connectivity index (χ3n) is 5.55. The summed E-state index contributed by atoms with van der Waals surface area (Å²) in [5.41, 5.74) is 3.58. The number of Topliss-reactive ketones (excluding diaryl/α,β-unsaturated/α-hetero) is 1. The summed E-state index contributed by atoms with van der Waals surface area (Å²) in [5, 5.41) is 5.02. The zero-order valence-electron chi connectivity index (χ0n) is 18.9. The van der Waals surface area contributed by atoms with Crippen molar-refractivity contribution >= 4 is 57.8 Å². The lowest BCUT2D eigenvalue weighted by atomic mass is 9.88. The molecular weight excluding hydrogens is 511 g/mol. The maximum Gasteiger partial charge on any atom is 0.219 e. The minimum Gasteiger partial charge on any atom is -0.471 e. The van der Waals surface area contributed by atoms with Gasteiger partial charge in [0.1, 0.15) is 11.4 Å². The Bertz CT molecular complexity index is 1280. The summed E-state index contributed by atoms with van der Waals surface area (Å²) in [4.78, 5) is 17.0. The molecule has 0 amide bonds. The number of ether oxygens (including phenoxy) is 1. The lowest BCUT2D eigenvalue weighted by Crippen LogP contribution is -2.41. The van der Waals surface area contributed by atoms with Crippen molar-refractivity contribution in [1.82, 2.24) is 10.3 Å². The summed E-state index contributed by atoms with van der Waals surface area (Å²) >= 11 is 24.3. The van der Waals surface area contributed by atoms with Gasteiger partial charge in [-0.25, -0.2) is 4.98 Å². The fraction of sp³-hybridized carbons (Fsp3) is 0.269. The summed E-state index contributed by atoms with van der Waals surface area (Å²) in [6.45, 7) is 5.53. The van der Waals surface area contributed by atoms with Gasteiger partial charge >= 0.3 is 0 Å². The highest BCUT2D eigenvalue weighted by Crippen LogP contribution is 2.44. The monoisotopic (exact) mass is 532 g/mol. The molecule has 1 unspecified atom stereocenters. The first-order valence-corrected chi connectivity index (χ1v) is 12.3. The molecule has 4 rings (SSSR count). The van der Waals surface area contributed by atoms with Crippen molar-refractivity contribution in [1.29, 1.82) is 0 Å². The Morgan fingerprint density at radius 2 is 1.76 bits per heavy atom. The number of carbonyl (C=O) groups is 1. The Morgan fingerprint density at radius 3 is 2.41 bits per heavy atom. The molecule has 0 saturated carbocycles. The highest BCUT2D eigenvalue weighted by Gasteiger charge is 2.36. The zero-order valence-corrected chi connectivity index (χ0v) is 22.0. The van der Waals surface area contributed by atoms with Crippen molar-refractivity contribution in [2.45, 2.75) is 45.3 Å². The fourth-order valence-corrected chi connectivity index (χ4v) is 5.05. The molecule has 1 aliphatic rings. The molecule has 8 heteroatoms. The second-order valence-corrected chi connectivity index (χ2v) is 10.7. The number of nitrogens with one attached hydrogen (secondary N) is 1. The van der Waals surface area contributed by atoms with Gasteiger partial charge in [-0.2, -0.15) is 0 Å². The number of aromatic nitrogens is 1. The largest absolute Gasteiger partial charge is 0.471 e. The van der Waals surface area contributed by atoms with Gasteiger partial charge in [-0.1, -0.05) is 59.2 Å². The van der Waals surface area contributed by atoms with Crippen LogP contribution in [-0.2, 0) is 4.79 Å². The number of thiocarbonyl (C=S) groups is 1. The average Bonchev–Trinajstić information content (AvgIpc) is 2.72. The van der Waals surface area contributed by atoms with E-state index >= 15 is 0 Å². The molecule has 2 aromatic carbocycles. The van der Waals surface area contributed by atoms with Crippen LogP contribution in [0.25, 0.3) is 22.4 Å². The maximum absolute atomic E-state index is 11.6. The first-order valence-electron chi connectivity index (χ1n) is 10.8. The predicted molar refractivity (Wildman–Crippen MR) is 143 cm³/mol. The highest BCUT2D eigenvalue weighted by atomic mass is 35.5. The van der Waals surface area contributed by atoms with Crippen LogP contribution in [0.15, 0.2) is 48.5 Å². The predicted octanol–water partition coefficient (Wildman–Crippen LogP) is 7.87. The highest BCUT2D eigenvalue weighted by molar-refractivity contribution is 7.80. The molecule has 34 heavy (non-hydrogen) atoms. The van der Waals surface area contributed by atoms with Gasteiger partial charge in [-0.05, 0) is 62.7 Å². The molecule has 176 valence electrons. The Labute approximate surface area is 219 Å². The number of nitrogens with zero attached hydrogens (tertiary/aromatic N) is 1. The summed E-state index contributed by atoms with van der Waals surface area (Å²) in [6.07, 6.45) is 0.846. The Hall–Kier alpha value is -2.18. The summed E-state index contributed by atoms with van der Waals surface area (Å²) in [7, 11) is 0. The Morgan fingerprint density at radius 1 is 1.09 bits per heavy atom. The van der Waals surface area contributed by atoms with Crippen LogP contribution in [-0.4, -0.2) is 21.4 Å². The minimum absolute atomic E-state index is 0.0109. The van der Waals surface area contributed by atoms with Gasteiger partial charge in [0.2, 0.25) is 5.88 Å². The normalized spacial score (nSPS) is 16.4. The van der Waals surface area contributed by atoms with Crippen molar-refractivity contribution in [3.8, 4) is 28.3 Å². The molecule has 1 aromatic heterocycles. The molecule has 0 saturated heterocycles. The molecule has 0 radical (unpaired) electrons. The molecule has 1 aliphatic heterocycles. The van der Waals surface area contributed by atoms with E-state index < -0.39 is 5.60 Å². The van der Waals surface area contributed by atoms with Crippen LogP contribution in [0.5, 0.6) is 5.88 Å². The fourth-order valence-electron chi connectivity index (χ4n) is 4.08. The number of carbonyl (C=O) groups excluding carboxylic acids is 1. The maximum atomic E-state index is 11.6. The van der Waals surface area contributed by atoms with E-state index in [9.17, 15) is 4.79 Å². The minimum atomic E-state index is -0.494. The van der Waals surface area contributed by atoms with E-state index in [1.165, 1.54) is 6.92 Å². The molecule has 0 fully saturated rings. The van der Waals surface area contributed by atoms with Gasteiger partial charge in [-0.3, -0.25) is 4.79 Å². The molecule has 4 nitrogen and oxygen atoms in total. The standard InChI is InChI=1S/C26H23Cl3N2O2S/c1-14(32)10-23(34)30-22-13-26(2,3)33-25-20(22)12-19(15-4-6-16(27)7-5-15)24(31-25)18-9-8-17(28)11-21(18)29/h4-9,11-12,22H,10,13H2,1-3H3,(H,30,34). The smallest absolute Gasteiger partial charge is 0.219 e. The van der Waals surface area contributed by atoms with E-state index in [2.05, 4.69) is 11.4 Å². The van der Waals surface area contributed by atoms with Gasteiger partial charge in [-0.15, -0.1) is 0 Å². The second kappa shape index (κ2) is 9.82. The zero-order chi connectivity index (χ0) is 24.6. The number of pyridine rings is 1. The van der Waals surface area contributed by atoms with E-state index in [-0.39, 0.29) is 18.2 Å². The molecule has 0 spiro atoms. The molecule has 1 atom stereocenters. The number of halogens is 3. The SMILES string of the molecule is CC(=O)CC(=S)NC1CC(C)(C)Oc2nc(-c3ccc(Cl)cc3Cl)c(-c3ccc(Cl)cc3)cc21. The van der Waals surface area contributed by atoms with Crippen LogP contribution in [0, 0.1) is 0 Å². The van der Waals surface area contributed by atoms with E-state index in [1.54, 1.807) is 12.1 Å². The number of rotatable bonds is 5. The lowest BCUT2D eigenvalue weighted by molar-refractivity contribution is -0.115. The lowest BCUT2D eigenvalue weighted by Gasteiger charge is -2.38. The summed E-state index contributed by atoms with van der Waals surface area (Å²) < 4.78 is 6.30. The van der Waals surface area contributed by atoms with Crippen LogP contribution in [0.1, 0.15) is 45.2 Å². The molecule has 0 aliphatic carbocycles. The van der Waals surface area contributed by atoms with Crippen molar-refractivity contribution in [2.24, 2.45) is 0 Å². The third-order valence-corrected chi connectivity index (χ3v) is 6.61. The van der Waals surface area contributed by atoms with Crippen molar-refractivity contribution in [3.63, 3.8) is 0 Å². The van der Waals surface area contributed by atoms with Gasteiger partial charge in [0.25, 0.3) is 0 Å². The average molecular weight is 534 g/mol. The topological polar surface area (TPSA) is 51.2 Å². The quantitative estimate of drug-likeness (QED) is 0.338. The van der Waals surface area contributed by atoms with Crippen LogP contribution in [0.4, 0.5) is 0 Å². The van der Waals surface area contributed by atoms with Crippen molar-refractivity contribution in [2.75, 3.05) is 0 Å². The van der Waals surface area contributed by atoms with Crippen molar-refractivity contribution in [3.05, 3.63) is 69.2 Å². The Kier molecular flexibility index (Phi) is 7.20. The number of hydrogen-bond donors (Lipinski definition) is 1. The molecular formula is C26H23Cl3N2O2S. The van der Waals surface area contributed by atoms with Crippen molar-refractivity contribution < 1.29 is 9.53 Å². The second-order valence-electron chi connectivity index (χ2n) is 8.97.